The lowest BCUT2D eigenvalue weighted by molar-refractivity contribution is -0.144. The van der Waals surface area contributed by atoms with E-state index in [0.29, 0.717) is 12.5 Å². The Hall–Kier alpha value is -1.30. The van der Waals surface area contributed by atoms with E-state index < -0.39 is 17.5 Å². The van der Waals surface area contributed by atoms with Gasteiger partial charge in [0.2, 0.25) is 0 Å². The second kappa shape index (κ2) is 5.60. The number of urea groups is 1. The largest absolute Gasteiger partial charge is 0.481 e. The molecule has 20 heavy (non-hydrogen) atoms. The van der Waals surface area contributed by atoms with Crippen LogP contribution in [0.15, 0.2) is 0 Å². The molecule has 2 rings (SSSR count). The quantitative estimate of drug-likeness (QED) is 0.708. The highest BCUT2D eigenvalue weighted by Crippen LogP contribution is 2.48. The minimum absolute atomic E-state index is 0.221. The van der Waals surface area contributed by atoms with Crippen LogP contribution >= 0.6 is 0 Å². The van der Waals surface area contributed by atoms with Gasteiger partial charge in [0.1, 0.15) is 0 Å². The molecule has 2 saturated carbocycles. The van der Waals surface area contributed by atoms with Crippen LogP contribution < -0.4 is 10.6 Å². The van der Waals surface area contributed by atoms with Crippen molar-refractivity contribution in [3.63, 3.8) is 0 Å². The Bertz CT molecular complexity index is 397. The van der Waals surface area contributed by atoms with Gasteiger partial charge in [-0.2, -0.15) is 0 Å². The van der Waals surface area contributed by atoms with Crippen LogP contribution in [0.4, 0.5) is 4.79 Å². The maximum Gasteiger partial charge on any atom is 0.315 e. The first-order valence-corrected chi connectivity index (χ1v) is 7.16. The monoisotopic (exact) mass is 284 g/mol. The molecule has 0 aromatic carbocycles. The van der Waals surface area contributed by atoms with Gasteiger partial charge in [0.15, 0.2) is 0 Å². The van der Waals surface area contributed by atoms with Gasteiger partial charge < -0.3 is 20.5 Å². The third-order valence-corrected chi connectivity index (χ3v) is 4.73. The second-order valence-corrected chi connectivity index (χ2v) is 6.51. The average molecular weight is 284 g/mol. The maximum absolute atomic E-state index is 11.9. The first-order valence-electron chi connectivity index (χ1n) is 7.16. The van der Waals surface area contributed by atoms with Crippen molar-refractivity contribution in [3.05, 3.63) is 0 Å². The van der Waals surface area contributed by atoms with Crippen molar-refractivity contribution in [2.75, 3.05) is 13.7 Å². The summed E-state index contributed by atoms with van der Waals surface area (Å²) in [5, 5.41) is 14.9. The van der Waals surface area contributed by atoms with Crippen LogP contribution in [-0.4, -0.2) is 42.4 Å². The SMILES string of the molecule is COC(C)(C)CNC(=O)NC1C2CCC(C2)C1C(=O)O. The molecule has 0 saturated heterocycles. The van der Waals surface area contributed by atoms with Gasteiger partial charge in [-0.1, -0.05) is 0 Å². The number of amides is 2. The van der Waals surface area contributed by atoms with Gasteiger partial charge in [0.25, 0.3) is 0 Å². The molecule has 4 atom stereocenters. The summed E-state index contributed by atoms with van der Waals surface area (Å²) >= 11 is 0. The minimum atomic E-state index is -0.792. The first kappa shape index (κ1) is 15.1. The zero-order valence-corrected chi connectivity index (χ0v) is 12.3. The van der Waals surface area contributed by atoms with Crippen molar-refractivity contribution in [2.24, 2.45) is 17.8 Å². The number of hydrogen-bond donors (Lipinski definition) is 3. The lowest BCUT2D eigenvalue weighted by Gasteiger charge is -2.30. The highest BCUT2D eigenvalue weighted by molar-refractivity contribution is 5.77. The molecule has 2 bridgehead atoms. The Kier molecular flexibility index (Phi) is 4.22. The zero-order valence-electron chi connectivity index (χ0n) is 12.3. The molecule has 3 N–H and O–H groups in total. The van der Waals surface area contributed by atoms with Gasteiger partial charge in [-0.05, 0) is 44.9 Å². The van der Waals surface area contributed by atoms with E-state index in [4.69, 9.17) is 4.74 Å². The van der Waals surface area contributed by atoms with Crippen LogP contribution in [0.2, 0.25) is 0 Å². The van der Waals surface area contributed by atoms with Crippen molar-refractivity contribution in [1.82, 2.24) is 10.6 Å². The molecular weight excluding hydrogens is 260 g/mol. The minimum Gasteiger partial charge on any atom is -0.481 e. The predicted molar refractivity (Wildman–Crippen MR) is 73.4 cm³/mol. The van der Waals surface area contributed by atoms with E-state index in [1.165, 1.54) is 0 Å². The van der Waals surface area contributed by atoms with Crippen LogP contribution in [0, 0.1) is 17.8 Å². The van der Waals surface area contributed by atoms with Crippen molar-refractivity contribution >= 4 is 12.0 Å². The van der Waals surface area contributed by atoms with Crippen LogP contribution in [0.25, 0.3) is 0 Å². The summed E-state index contributed by atoms with van der Waals surface area (Å²) in [5.41, 5.74) is -0.432. The third-order valence-electron chi connectivity index (χ3n) is 4.73. The van der Waals surface area contributed by atoms with Crippen LogP contribution in [-0.2, 0) is 9.53 Å². The van der Waals surface area contributed by atoms with E-state index >= 15 is 0 Å². The van der Waals surface area contributed by atoms with Gasteiger partial charge >= 0.3 is 12.0 Å². The Morgan fingerprint density at radius 2 is 1.95 bits per heavy atom. The van der Waals surface area contributed by atoms with Crippen molar-refractivity contribution in [2.45, 2.75) is 44.8 Å². The standard InChI is InChI=1S/C14H24N2O4/c1-14(2,20-3)7-15-13(19)16-11-9-5-4-8(6-9)10(11)12(17)18/h8-11H,4-7H2,1-3H3,(H,17,18)(H2,15,16,19). The van der Waals surface area contributed by atoms with Gasteiger partial charge in [0.05, 0.1) is 11.5 Å². The molecule has 0 aliphatic heterocycles. The molecule has 0 aromatic rings. The number of hydrogen-bond acceptors (Lipinski definition) is 3. The predicted octanol–water partition coefficient (Wildman–Crippen LogP) is 1.21. The molecule has 0 radical (unpaired) electrons. The topological polar surface area (TPSA) is 87.7 Å². The summed E-state index contributed by atoms with van der Waals surface area (Å²) in [6.07, 6.45) is 2.91. The Morgan fingerprint density at radius 3 is 2.55 bits per heavy atom. The zero-order chi connectivity index (χ0) is 14.9. The van der Waals surface area contributed by atoms with Gasteiger partial charge in [0, 0.05) is 19.7 Å². The number of fused-ring (bicyclic) bond motifs is 2. The van der Waals surface area contributed by atoms with E-state index in [2.05, 4.69) is 10.6 Å². The van der Waals surface area contributed by atoms with Crippen molar-refractivity contribution in [1.29, 1.82) is 0 Å². The number of carboxylic acids is 1. The molecule has 2 aliphatic carbocycles. The highest BCUT2D eigenvalue weighted by atomic mass is 16.5. The number of aliphatic carboxylic acids is 1. The number of carboxylic acid groups (broad SMARTS) is 1. The van der Waals surface area contributed by atoms with Crippen LogP contribution in [0.3, 0.4) is 0 Å². The molecule has 2 fully saturated rings. The number of ether oxygens (including phenoxy) is 1. The number of methoxy groups -OCH3 is 1. The number of nitrogens with one attached hydrogen (secondary N) is 2. The average Bonchev–Trinajstić information content (AvgIpc) is 2.97. The van der Waals surface area contributed by atoms with E-state index in [9.17, 15) is 14.7 Å². The van der Waals surface area contributed by atoms with Gasteiger partial charge in [-0.25, -0.2) is 4.79 Å². The highest BCUT2D eigenvalue weighted by Gasteiger charge is 2.51. The van der Waals surface area contributed by atoms with E-state index in [0.717, 1.165) is 19.3 Å². The summed E-state index contributed by atoms with van der Waals surface area (Å²) in [7, 11) is 1.59. The number of rotatable bonds is 5. The summed E-state index contributed by atoms with van der Waals surface area (Å²) in [6.45, 7) is 4.14. The normalized spacial score (nSPS) is 32.1. The molecule has 0 aromatic heterocycles. The van der Waals surface area contributed by atoms with Crippen LogP contribution in [0.1, 0.15) is 33.1 Å². The molecule has 114 valence electrons. The fraction of sp³-hybridized carbons (Fsp3) is 0.857. The molecule has 6 heteroatoms. The third kappa shape index (κ3) is 3.06. The Balaban J connectivity index is 1.89. The van der Waals surface area contributed by atoms with Crippen molar-refractivity contribution in [3.8, 4) is 0 Å². The van der Waals surface area contributed by atoms with Crippen LogP contribution in [0.5, 0.6) is 0 Å². The van der Waals surface area contributed by atoms with Gasteiger partial charge in [-0.15, -0.1) is 0 Å². The smallest absolute Gasteiger partial charge is 0.315 e. The molecule has 0 spiro atoms. The summed E-state index contributed by atoms with van der Waals surface area (Å²) in [6, 6.07) is -0.546. The van der Waals surface area contributed by atoms with E-state index in [1.807, 2.05) is 13.8 Å². The first-order chi connectivity index (χ1) is 9.34. The summed E-state index contributed by atoms with van der Waals surface area (Å²) in [5.74, 6) is -0.699. The molecule has 6 nitrogen and oxygen atoms in total. The summed E-state index contributed by atoms with van der Waals surface area (Å²) < 4.78 is 5.23. The fourth-order valence-corrected chi connectivity index (χ4v) is 3.42. The Morgan fingerprint density at radius 1 is 1.30 bits per heavy atom. The number of carbonyl (C=O) groups is 2. The fourth-order valence-electron chi connectivity index (χ4n) is 3.42. The number of carbonyl (C=O) groups excluding carboxylic acids is 1. The van der Waals surface area contributed by atoms with Crippen molar-refractivity contribution < 1.29 is 19.4 Å². The second-order valence-electron chi connectivity index (χ2n) is 6.51. The van der Waals surface area contributed by atoms with E-state index in [-0.39, 0.29) is 18.0 Å². The van der Waals surface area contributed by atoms with E-state index in [1.54, 1.807) is 7.11 Å². The summed E-state index contributed by atoms with van der Waals surface area (Å²) in [4.78, 5) is 23.3. The Labute approximate surface area is 119 Å². The molecular formula is C14H24N2O4. The van der Waals surface area contributed by atoms with Gasteiger partial charge in [-0.3, -0.25) is 4.79 Å². The lowest BCUT2D eigenvalue weighted by atomic mass is 9.84. The maximum atomic E-state index is 11.9. The molecule has 2 aliphatic rings. The molecule has 2 amide bonds. The molecule has 4 unspecified atom stereocenters. The lowest BCUT2D eigenvalue weighted by Crippen LogP contribution is -2.52. The molecule has 0 heterocycles.